The number of amides is 2. The third-order valence-electron chi connectivity index (χ3n) is 3.98. The van der Waals surface area contributed by atoms with Crippen LogP contribution in [0.25, 0.3) is 0 Å². The van der Waals surface area contributed by atoms with Gasteiger partial charge in [-0.1, -0.05) is 43.7 Å². The Bertz CT molecular complexity index is 744. The quantitative estimate of drug-likeness (QED) is 0.884. The molecule has 24 heavy (non-hydrogen) atoms. The molecule has 0 radical (unpaired) electrons. The monoisotopic (exact) mass is 324 g/mol. The van der Waals surface area contributed by atoms with Crippen LogP contribution in [0.2, 0.25) is 0 Å². The first kappa shape index (κ1) is 16.1. The first-order valence-electron chi connectivity index (χ1n) is 8.10. The number of fused-ring (bicyclic) bond motifs is 1. The highest BCUT2D eigenvalue weighted by Crippen LogP contribution is 2.31. The van der Waals surface area contributed by atoms with Crippen LogP contribution in [0.5, 0.6) is 5.75 Å². The molecule has 0 aliphatic carbocycles. The molecule has 3 rings (SSSR count). The standard InChI is InChI=1S/C19H20N2O3/c1-2-6-15(13-7-4-3-5-8-13)19(23)20-14-9-10-17-16(11-14)21-18(22)12-24-17/h3-5,7-11,15H,2,6,12H2,1H3,(H,20,23)(H,21,22). The molecule has 0 aromatic heterocycles. The first-order chi connectivity index (χ1) is 11.7. The van der Waals surface area contributed by atoms with Gasteiger partial charge in [0.2, 0.25) is 5.91 Å². The third kappa shape index (κ3) is 3.56. The summed E-state index contributed by atoms with van der Waals surface area (Å²) >= 11 is 0. The van der Waals surface area contributed by atoms with Crippen molar-refractivity contribution in [1.29, 1.82) is 0 Å². The van der Waals surface area contributed by atoms with Gasteiger partial charge < -0.3 is 15.4 Å². The molecule has 2 N–H and O–H groups in total. The molecule has 1 unspecified atom stereocenters. The van der Waals surface area contributed by atoms with Crippen molar-refractivity contribution in [3.8, 4) is 5.75 Å². The van der Waals surface area contributed by atoms with Gasteiger partial charge in [-0.25, -0.2) is 0 Å². The van der Waals surface area contributed by atoms with Crippen LogP contribution in [0.1, 0.15) is 31.2 Å². The summed E-state index contributed by atoms with van der Waals surface area (Å²) in [6.07, 6.45) is 1.70. The number of anilines is 2. The van der Waals surface area contributed by atoms with Crippen LogP contribution in [0.4, 0.5) is 11.4 Å². The Morgan fingerprint density at radius 1 is 1.25 bits per heavy atom. The SMILES string of the molecule is CCCC(C(=O)Nc1ccc2c(c1)NC(=O)CO2)c1ccccc1. The van der Waals surface area contributed by atoms with Gasteiger partial charge in [-0.3, -0.25) is 9.59 Å². The summed E-state index contributed by atoms with van der Waals surface area (Å²) in [7, 11) is 0. The second-order valence-corrected chi connectivity index (χ2v) is 5.79. The van der Waals surface area contributed by atoms with E-state index in [4.69, 9.17) is 4.74 Å². The van der Waals surface area contributed by atoms with Crippen LogP contribution < -0.4 is 15.4 Å². The van der Waals surface area contributed by atoms with Crippen molar-refractivity contribution in [2.75, 3.05) is 17.2 Å². The van der Waals surface area contributed by atoms with Crippen LogP contribution in [0, 0.1) is 0 Å². The van der Waals surface area contributed by atoms with Crippen LogP contribution in [-0.4, -0.2) is 18.4 Å². The molecule has 1 aliphatic heterocycles. The lowest BCUT2D eigenvalue weighted by Crippen LogP contribution is -2.26. The van der Waals surface area contributed by atoms with E-state index in [1.54, 1.807) is 18.2 Å². The van der Waals surface area contributed by atoms with E-state index in [0.29, 0.717) is 17.1 Å². The molecule has 1 atom stereocenters. The Balaban J connectivity index is 1.78. The summed E-state index contributed by atoms with van der Waals surface area (Å²) < 4.78 is 5.33. The van der Waals surface area contributed by atoms with E-state index in [0.717, 1.165) is 18.4 Å². The van der Waals surface area contributed by atoms with Crippen LogP contribution in [-0.2, 0) is 9.59 Å². The lowest BCUT2D eigenvalue weighted by atomic mass is 9.93. The van der Waals surface area contributed by atoms with Gasteiger partial charge in [0.15, 0.2) is 6.61 Å². The van der Waals surface area contributed by atoms with E-state index in [2.05, 4.69) is 17.6 Å². The minimum atomic E-state index is -0.196. The normalized spacial score (nSPS) is 14.1. The lowest BCUT2D eigenvalue weighted by Gasteiger charge is -2.20. The summed E-state index contributed by atoms with van der Waals surface area (Å²) in [5.74, 6) is 0.170. The number of carbonyl (C=O) groups is 2. The van der Waals surface area contributed by atoms with E-state index >= 15 is 0 Å². The molecule has 0 fully saturated rings. The third-order valence-corrected chi connectivity index (χ3v) is 3.98. The van der Waals surface area contributed by atoms with Crippen LogP contribution in [0.15, 0.2) is 48.5 Å². The summed E-state index contributed by atoms with van der Waals surface area (Å²) in [4.78, 5) is 24.1. The molecule has 0 spiro atoms. The minimum Gasteiger partial charge on any atom is -0.482 e. The molecule has 5 heteroatoms. The van der Waals surface area contributed by atoms with E-state index < -0.39 is 0 Å². The Morgan fingerprint density at radius 2 is 2.04 bits per heavy atom. The number of benzene rings is 2. The van der Waals surface area contributed by atoms with Gasteiger partial charge in [0.25, 0.3) is 5.91 Å². The zero-order chi connectivity index (χ0) is 16.9. The van der Waals surface area contributed by atoms with Gasteiger partial charge in [0.05, 0.1) is 11.6 Å². The first-order valence-corrected chi connectivity index (χ1v) is 8.10. The molecule has 0 saturated carbocycles. The highest BCUT2D eigenvalue weighted by Gasteiger charge is 2.21. The molecule has 5 nitrogen and oxygen atoms in total. The zero-order valence-corrected chi connectivity index (χ0v) is 13.5. The highest BCUT2D eigenvalue weighted by molar-refractivity contribution is 5.99. The fourth-order valence-electron chi connectivity index (χ4n) is 2.81. The van der Waals surface area contributed by atoms with E-state index in [-0.39, 0.29) is 24.3 Å². The van der Waals surface area contributed by atoms with Crippen LogP contribution >= 0.6 is 0 Å². The molecular formula is C19H20N2O3. The predicted molar refractivity (Wildman–Crippen MR) is 93.3 cm³/mol. The number of ether oxygens (including phenoxy) is 1. The molecule has 2 aromatic rings. The molecule has 0 saturated heterocycles. The van der Waals surface area contributed by atoms with Gasteiger partial charge >= 0.3 is 0 Å². The van der Waals surface area contributed by atoms with Gasteiger partial charge in [-0.05, 0) is 30.2 Å². The topological polar surface area (TPSA) is 67.4 Å². The smallest absolute Gasteiger partial charge is 0.262 e. The van der Waals surface area contributed by atoms with Gasteiger partial charge in [0.1, 0.15) is 5.75 Å². The summed E-state index contributed by atoms with van der Waals surface area (Å²) in [6, 6.07) is 15.0. The molecule has 2 amide bonds. The molecule has 1 heterocycles. The summed E-state index contributed by atoms with van der Waals surface area (Å²) in [5, 5.41) is 5.69. The number of nitrogens with one attached hydrogen (secondary N) is 2. The van der Waals surface area contributed by atoms with E-state index in [1.807, 2.05) is 30.3 Å². The maximum atomic E-state index is 12.7. The number of rotatable bonds is 5. The maximum Gasteiger partial charge on any atom is 0.262 e. The van der Waals surface area contributed by atoms with Crippen molar-refractivity contribution < 1.29 is 14.3 Å². The van der Waals surface area contributed by atoms with E-state index in [9.17, 15) is 9.59 Å². The Hall–Kier alpha value is -2.82. The second-order valence-electron chi connectivity index (χ2n) is 5.79. The number of carbonyl (C=O) groups excluding carboxylic acids is 2. The summed E-state index contributed by atoms with van der Waals surface area (Å²) in [5.41, 5.74) is 2.23. The van der Waals surface area contributed by atoms with Crippen molar-refractivity contribution in [3.05, 3.63) is 54.1 Å². The molecular weight excluding hydrogens is 304 g/mol. The Labute approximate surface area is 141 Å². The van der Waals surface area contributed by atoms with Crippen molar-refractivity contribution in [1.82, 2.24) is 0 Å². The average molecular weight is 324 g/mol. The highest BCUT2D eigenvalue weighted by atomic mass is 16.5. The zero-order valence-electron chi connectivity index (χ0n) is 13.5. The second kappa shape index (κ2) is 7.17. The molecule has 1 aliphatic rings. The fraction of sp³-hybridized carbons (Fsp3) is 0.263. The maximum absolute atomic E-state index is 12.7. The Morgan fingerprint density at radius 3 is 2.79 bits per heavy atom. The number of hydrogen-bond donors (Lipinski definition) is 2. The van der Waals surface area contributed by atoms with Crippen molar-refractivity contribution >= 4 is 23.2 Å². The van der Waals surface area contributed by atoms with Crippen molar-refractivity contribution in [3.63, 3.8) is 0 Å². The fourth-order valence-corrected chi connectivity index (χ4v) is 2.81. The minimum absolute atomic E-state index is 0.0191. The van der Waals surface area contributed by atoms with Crippen LogP contribution in [0.3, 0.4) is 0 Å². The molecule has 2 aromatic carbocycles. The van der Waals surface area contributed by atoms with E-state index in [1.165, 1.54) is 0 Å². The van der Waals surface area contributed by atoms with Crippen molar-refractivity contribution in [2.24, 2.45) is 0 Å². The van der Waals surface area contributed by atoms with Gasteiger partial charge in [-0.15, -0.1) is 0 Å². The van der Waals surface area contributed by atoms with Crippen molar-refractivity contribution in [2.45, 2.75) is 25.7 Å². The predicted octanol–water partition coefficient (Wildman–Crippen LogP) is 3.54. The number of hydrogen-bond acceptors (Lipinski definition) is 3. The average Bonchev–Trinajstić information content (AvgIpc) is 2.60. The molecule has 0 bridgehead atoms. The van der Waals surface area contributed by atoms with Gasteiger partial charge in [-0.2, -0.15) is 0 Å². The summed E-state index contributed by atoms with van der Waals surface area (Å²) in [6.45, 7) is 2.08. The lowest BCUT2D eigenvalue weighted by molar-refractivity contribution is -0.119. The Kier molecular flexibility index (Phi) is 4.79. The largest absolute Gasteiger partial charge is 0.482 e. The van der Waals surface area contributed by atoms with Gasteiger partial charge in [0, 0.05) is 5.69 Å². The molecule has 124 valence electrons.